The zero-order valence-electron chi connectivity index (χ0n) is 19.2. The maximum absolute atomic E-state index is 12.3. The highest BCUT2D eigenvalue weighted by molar-refractivity contribution is 6.39. The van der Waals surface area contributed by atoms with E-state index < -0.39 is 11.8 Å². The summed E-state index contributed by atoms with van der Waals surface area (Å²) in [6.07, 6.45) is 1.34. The Morgan fingerprint density at radius 2 is 1.56 bits per heavy atom. The molecular formula is C26H26N4O4. The number of nitrogens with one attached hydrogen (secondary N) is 3. The van der Waals surface area contributed by atoms with Crippen molar-refractivity contribution in [3.8, 4) is 5.75 Å². The third-order valence-corrected chi connectivity index (χ3v) is 4.82. The molecule has 0 heterocycles. The first-order chi connectivity index (χ1) is 16.3. The van der Waals surface area contributed by atoms with Gasteiger partial charge in [0.15, 0.2) is 6.61 Å². The monoisotopic (exact) mass is 458 g/mol. The lowest BCUT2D eigenvalue weighted by molar-refractivity contribution is -0.136. The van der Waals surface area contributed by atoms with Crippen LogP contribution in [0.15, 0.2) is 71.8 Å². The molecule has 0 aromatic heterocycles. The zero-order valence-corrected chi connectivity index (χ0v) is 19.2. The van der Waals surface area contributed by atoms with E-state index in [1.165, 1.54) is 6.21 Å². The van der Waals surface area contributed by atoms with Crippen LogP contribution >= 0.6 is 0 Å². The number of amides is 3. The average molecular weight is 459 g/mol. The lowest BCUT2D eigenvalue weighted by Gasteiger charge is -2.11. The van der Waals surface area contributed by atoms with Gasteiger partial charge in [-0.2, -0.15) is 5.10 Å². The summed E-state index contributed by atoms with van der Waals surface area (Å²) < 4.78 is 5.63. The van der Waals surface area contributed by atoms with Gasteiger partial charge in [-0.3, -0.25) is 14.4 Å². The number of anilines is 2. The number of carbonyl (C=O) groups is 3. The summed E-state index contributed by atoms with van der Waals surface area (Å²) in [5.74, 6) is -1.66. The number of hydrogen-bond donors (Lipinski definition) is 3. The second kappa shape index (κ2) is 11.4. The first-order valence-electron chi connectivity index (χ1n) is 10.6. The largest absolute Gasteiger partial charge is 0.483 e. The van der Waals surface area contributed by atoms with Gasteiger partial charge in [0.1, 0.15) is 5.75 Å². The summed E-state index contributed by atoms with van der Waals surface area (Å²) in [5, 5.41) is 9.14. The molecule has 0 atom stereocenters. The molecule has 0 aliphatic carbocycles. The van der Waals surface area contributed by atoms with Crippen LogP contribution < -0.4 is 20.8 Å². The third kappa shape index (κ3) is 7.03. The van der Waals surface area contributed by atoms with Crippen LogP contribution in [0, 0.1) is 20.8 Å². The Bertz CT molecular complexity index is 1220. The Hall–Kier alpha value is -4.46. The number of aryl methyl sites for hydroxylation is 3. The van der Waals surface area contributed by atoms with E-state index in [-0.39, 0.29) is 12.5 Å². The van der Waals surface area contributed by atoms with Crippen molar-refractivity contribution in [1.82, 2.24) is 5.43 Å². The fraction of sp³-hybridized carbons (Fsp3) is 0.154. The molecule has 0 spiro atoms. The van der Waals surface area contributed by atoms with Gasteiger partial charge in [0.05, 0.1) is 6.21 Å². The van der Waals surface area contributed by atoms with E-state index in [0.29, 0.717) is 17.0 Å². The minimum Gasteiger partial charge on any atom is -0.483 e. The van der Waals surface area contributed by atoms with Crippen LogP contribution in [-0.2, 0) is 14.4 Å². The molecule has 0 saturated heterocycles. The number of benzene rings is 3. The summed E-state index contributed by atoms with van der Waals surface area (Å²) >= 11 is 0. The summed E-state index contributed by atoms with van der Waals surface area (Å²) in [4.78, 5) is 36.3. The predicted molar refractivity (Wildman–Crippen MR) is 132 cm³/mol. The van der Waals surface area contributed by atoms with Crippen LogP contribution in [0.5, 0.6) is 5.75 Å². The van der Waals surface area contributed by atoms with Crippen molar-refractivity contribution in [2.75, 3.05) is 17.2 Å². The quantitative estimate of drug-likeness (QED) is 0.285. The maximum Gasteiger partial charge on any atom is 0.329 e. The van der Waals surface area contributed by atoms with E-state index in [0.717, 1.165) is 22.4 Å². The molecule has 3 N–H and O–H groups in total. The van der Waals surface area contributed by atoms with Gasteiger partial charge in [-0.05, 0) is 56.7 Å². The Labute approximate surface area is 198 Å². The van der Waals surface area contributed by atoms with E-state index in [9.17, 15) is 14.4 Å². The topological polar surface area (TPSA) is 109 Å². The number of para-hydroxylation sites is 1. The van der Waals surface area contributed by atoms with Gasteiger partial charge in [-0.1, -0.05) is 47.5 Å². The number of ether oxygens (including phenoxy) is 1. The van der Waals surface area contributed by atoms with Gasteiger partial charge < -0.3 is 15.4 Å². The van der Waals surface area contributed by atoms with Gasteiger partial charge in [0.25, 0.3) is 5.91 Å². The second-order valence-electron chi connectivity index (χ2n) is 7.71. The first-order valence-corrected chi connectivity index (χ1v) is 10.6. The molecule has 0 unspecified atom stereocenters. The Balaban J connectivity index is 1.53. The van der Waals surface area contributed by atoms with Gasteiger partial charge in [-0.25, -0.2) is 5.43 Å². The minimum absolute atomic E-state index is 0.205. The molecule has 3 aromatic carbocycles. The van der Waals surface area contributed by atoms with E-state index in [4.69, 9.17) is 4.74 Å². The lowest BCUT2D eigenvalue weighted by Crippen LogP contribution is -2.32. The molecule has 3 rings (SSSR count). The van der Waals surface area contributed by atoms with Crippen molar-refractivity contribution in [3.63, 3.8) is 0 Å². The van der Waals surface area contributed by atoms with Gasteiger partial charge in [-0.15, -0.1) is 0 Å². The van der Waals surface area contributed by atoms with Crippen LogP contribution in [0.25, 0.3) is 0 Å². The summed E-state index contributed by atoms with van der Waals surface area (Å²) in [5.41, 5.74) is 7.05. The SMILES string of the molecule is Cc1ccc(NC(=O)C(=O)N/N=C\c2ccccc2OCC(=O)Nc2ccc(C)cc2C)cc1. The lowest BCUT2D eigenvalue weighted by atomic mass is 10.1. The smallest absolute Gasteiger partial charge is 0.329 e. The highest BCUT2D eigenvalue weighted by Crippen LogP contribution is 2.18. The third-order valence-electron chi connectivity index (χ3n) is 4.82. The standard InChI is InChI=1S/C26H26N4O4/c1-17-8-11-21(12-9-17)28-25(32)26(33)30-27-15-20-6-4-5-7-23(20)34-16-24(31)29-22-13-10-18(2)14-19(22)3/h4-15H,16H2,1-3H3,(H,28,32)(H,29,31)(H,30,33)/b27-15-. The van der Waals surface area contributed by atoms with Crippen LogP contribution in [-0.4, -0.2) is 30.5 Å². The van der Waals surface area contributed by atoms with E-state index in [1.807, 2.05) is 51.1 Å². The zero-order chi connectivity index (χ0) is 24.5. The summed E-state index contributed by atoms with van der Waals surface area (Å²) in [6.45, 7) is 5.62. The normalized spacial score (nSPS) is 10.6. The van der Waals surface area contributed by atoms with E-state index in [1.54, 1.807) is 36.4 Å². The van der Waals surface area contributed by atoms with Crippen LogP contribution in [0.3, 0.4) is 0 Å². The molecule has 174 valence electrons. The fourth-order valence-corrected chi connectivity index (χ4v) is 3.04. The summed E-state index contributed by atoms with van der Waals surface area (Å²) in [6, 6.07) is 19.7. The Kier molecular flexibility index (Phi) is 8.12. The number of nitrogens with zero attached hydrogens (tertiary/aromatic N) is 1. The number of carbonyl (C=O) groups excluding carboxylic acids is 3. The molecule has 8 nitrogen and oxygen atoms in total. The van der Waals surface area contributed by atoms with Crippen molar-refractivity contribution in [3.05, 3.63) is 89.0 Å². The molecule has 0 saturated carbocycles. The molecule has 0 aliphatic rings. The molecule has 0 aliphatic heterocycles. The van der Waals surface area contributed by atoms with Crippen molar-refractivity contribution < 1.29 is 19.1 Å². The van der Waals surface area contributed by atoms with E-state index in [2.05, 4.69) is 21.2 Å². The molecule has 0 bridgehead atoms. The first kappa shape index (κ1) is 24.2. The Morgan fingerprint density at radius 1 is 0.853 bits per heavy atom. The highest BCUT2D eigenvalue weighted by atomic mass is 16.5. The Morgan fingerprint density at radius 3 is 2.29 bits per heavy atom. The van der Waals surface area contributed by atoms with E-state index >= 15 is 0 Å². The summed E-state index contributed by atoms with van der Waals surface area (Å²) in [7, 11) is 0. The van der Waals surface area contributed by atoms with Crippen molar-refractivity contribution in [2.45, 2.75) is 20.8 Å². The molecule has 8 heteroatoms. The van der Waals surface area contributed by atoms with Crippen LogP contribution in [0.4, 0.5) is 11.4 Å². The predicted octanol–water partition coefficient (Wildman–Crippen LogP) is 3.72. The molecule has 3 aromatic rings. The minimum atomic E-state index is -0.914. The number of hydrazone groups is 1. The number of rotatable bonds is 7. The highest BCUT2D eigenvalue weighted by Gasteiger charge is 2.13. The van der Waals surface area contributed by atoms with Crippen molar-refractivity contribution in [2.24, 2.45) is 5.10 Å². The maximum atomic E-state index is 12.3. The number of hydrogen-bond acceptors (Lipinski definition) is 5. The molecular weight excluding hydrogens is 432 g/mol. The van der Waals surface area contributed by atoms with Crippen LogP contribution in [0.1, 0.15) is 22.3 Å². The van der Waals surface area contributed by atoms with Gasteiger partial charge in [0, 0.05) is 16.9 Å². The second-order valence-corrected chi connectivity index (χ2v) is 7.71. The molecule has 0 fully saturated rings. The van der Waals surface area contributed by atoms with Gasteiger partial charge >= 0.3 is 11.8 Å². The molecule has 3 amide bonds. The van der Waals surface area contributed by atoms with Crippen LogP contribution in [0.2, 0.25) is 0 Å². The van der Waals surface area contributed by atoms with Crippen molar-refractivity contribution in [1.29, 1.82) is 0 Å². The average Bonchev–Trinajstić information content (AvgIpc) is 2.81. The van der Waals surface area contributed by atoms with Gasteiger partial charge in [0.2, 0.25) is 0 Å². The molecule has 0 radical (unpaired) electrons. The molecule has 34 heavy (non-hydrogen) atoms. The fourth-order valence-electron chi connectivity index (χ4n) is 3.04. The van der Waals surface area contributed by atoms with Crippen molar-refractivity contribution >= 4 is 35.3 Å².